The number of hydrogen-bond acceptors (Lipinski definition) is 5. The monoisotopic (exact) mass is 401 g/mol. The Bertz CT molecular complexity index is 962. The van der Waals surface area contributed by atoms with Crippen molar-refractivity contribution >= 4 is 44.9 Å². The molecule has 2 aromatic heterocycles. The van der Waals surface area contributed by atoms with Crippen LogP contribution in [0.15, 0.2) is 72.9 Å². The van der Waals surface area contributed by atoms with Crippen molar-refractivity contribution in [3.63, 3.8) is 0 Å². The number of thiazole rings is 1. The molecule has 0 aliphatic rings. The first kappa shape index (κ1) is 19.1. The maximum Gasteiger partial charge on any atom is 0.192 e. The quantitative estimate of drug-likeness (QED) is 0.429. The van der Waals surface area contributed by atoms with Crippen molar-refractivity contribution in [3.05, 3.63) is 78.7 Å². The maximum atomic E-state index is 13.0. The minimum atomic E-state index is -0.273. The molecule has 0 aliphatic heterocycles. The number of rotatable bonds is 6. The summed E-state index contributed by atoms with van der Waals surface area (Å²) in [5.74, 6) is 0.371. The number of benzene rings is 2. The highest BCUT2D eigenvalue weighted by Crippen LogP contribution is 2.32. The van der Waals surface area contributed by atoms with Crippen molar-refractivity contribution in [1.29, 1.82) is 0 Å². The predicted octanol–water partition coefficient (Wildman–Crippen LogP) is 5.47. The first-order valence-electron chi connectivity index (χ1n) is 8.22. The highest BCUT2D eigenvalue weighted by Gasteiger charge is 2.15. The van der Waals surface area contributed by atoms with E-state index in [0.29, 0.717) is 18.9 Å². The number of anilines is 2. The first-order chi connectivity index (χ1) is 12.8. The van der Waals surface area contributed by atoms with E-state index in [2.05, 4.69) is 9.88 Å². The summed E-state index contributed by atoms with van der Waals surface area (Å²) < 4.78 is 18.8. The van der Waals surface area contributed by atoms with Gasteiger partial charge in [-0.1, -0.05) is 29.5 Å². The summed E-state index contributed by atoms with van der Waals surface area (Å²) in [7, 11) is 0. The number of halogens is 2. The second-order valence-corrected chi connectivity index (χ2v) is 6.57. The highest BCUT2D eigenvalue weighted by atomic mass is 35.5. The fourth-order valence-electron chi connectivity index (χ4n) is 2.60. The zero-order valence-electron chi connectivity index (χ0n) is 14.3. The second kappa shape index (κ2) is 8.79. The molecule has 0 spiro atoms. The molecule has 0 aliphatic carbocycles. The average molecular weight is 402 g/mol. The fourth-order valence-corrected chi connectivity index (χ4v) is 3.56. The van der Waals surface area contributed by atoms with Crippen LogP contribution in [-0.4, -0.2) is 23.1 Å². The summed E-state index contributed by atoms with van der Waals surface area (Å²) in [5, 5.41) is 0.868. The van der Waals surface area contributed by atoms with E-state index in [1.54, 1.807) is 29.7 Å². The van der Waals surface area contributed by atoms with Crippen LogP contribution in [0.25, 0.3) is 10.3 Å². The molecule has 4 aromatic rings. The van der Waals surface area contributed by atoms with Gasteiger partial charge in [-0.3, -0.25) is 0 Å². The number of para-hydroxylation sites is 1. The molecule has 27 heavy (non-hydrogen) atoms. The van der Waals surface area contributed by atoms with Crippen molar-refractivity contribution < 1.29 is 9.13 Å². The van der Waals surface area contributed by atoms with Crippen molar-refractivity contribution in [2.45, 2.75) is 0 Å². The minimum absolute atomic E-state index is 0. The molecule has 0 radical (unpaired) electrons. The summed E-state index contributed by atoms with van der Waals surface area (Å²) in [6.07, 6.45) is 1.77. The number of fused-ring (bicyclic) bond motifs is 1. The largest absolute Gasteiger partial charge is 0.492 e. The van der Waals surface area contributed by atoms with Crippen molar-refractivity contribution in [2.24, 2.45) is 0 Å². The third-order valence-corrected chi connectivity index (χ3v) is 4.85. The van der Waals surface area contributed by atoms with E-state index < -0.39 is 0 Å². The Kier molecular flexibility index (Phi) is 6.21. The minimum Gasteiger partial charge on any atom is -0.492 e. The van der Waals surface area contributed by atoms with Crippen molar-refractivity contribution in [2.75, 3.05) is 18.1 Å². The Hall–Kier alpha value is -2.70. The van der Waals surface area contributed by atoms with E-state index in [1.165, 1.54) is 12.1 Å². The number of aromatic nitrogens is 2. The van der Waals surface area contributed by atoms with Crippen LogP contribution in [0.4, 0.5) is 15.2 Å². The molecule has 4 nitrogen and oxygen atoms in total. The zero-order valence-corrected chi connectivity index (χ0v) is 15.9. The van der Waals surface area contributed by atoms with E-state index in [-0.39, 0.29) is 18.2 Å². The van der Waals surface area contributed by atoms with E-state index in [4.69, 9.17) is 9.72 Å². The lowest BCUT2D eigenvalue weighted by Crippen LogP contribution is -2.23. The molecular weight excluding hydrogens is 385 g/mol. The van der Waals surface area contributed by atoms with Gasteiger partial charge in [0.05, 0.1) is 6.54 Å². The third-order valence-electron chi connectivity index (χ3n) is 3.85. The summed E-state index contributed by atoms with van der Waals surface area (Å²) in [5.41, 5.74) is 1.92. The molecule has 0 N–H and O–H groups in total. The lowest BCUT2D eigenvalue weighted by Gasteiger charge is -2.22. The number of nitrogens with zero attached hydrogens (tertiary/aromatic N) is 3. The smallest absolute Gasteiger partial charge is 0.192 e. The Morgan fingerprint density at radius 1 is 0.963 bits per heavy atom. The van der Waals surface area contributed by atoms with Crippen LogP contribution in [0.2, 0.25) is 0 Å². The Morgan fingerprint density at radius 3 is 2.48 bits per heavy atom. The highest BCUT2D eigenvalue weighted by molar-refractivity contribution is 7.21. The van der Waals surface area contributed by atoms with Crippen LogP contribution in [0, 0.1) is 5.82 Å². The first-order valence-corrected chi connectivity index (χ1v) is 9.04. The standard InChI is InChI=1S/C20H16FN3OS.ClH/c21-15-8-10-17(11-9-15)25-14-13-24(16-5-2-1-3-6-16)20-23-18-7-4-12-22-19(18)26-20;/h1-12H,13-14H2;1H. The SMILES string of the molecule is Cl.Fc1ccc(OCCN(c2ccccc2)c2nc3cccnc3s2)cc1. The molecule has 7 heteroatoms. The number of pyridine rings is 1. The molecule has 0 amide bonds. The van der Waals surface area contributed by atoms with Crippen molar-refractivity contribution in [1.82, 2.24) is 9.97 Å². The van der Waals surface area contributed by atoms with Crippen LogP contribution in [0.5, 0.6) is 5.75 Å². The lowest BCUT2D eigenvalue weighted by molar-refractivity contribution is 0.327. The molecular formula is C20H17ClFN3OS. The van der Waals surface area contributed by atoms with Crippen LogP contribution in [0.3, 0.4) is 0 Å². The van der Waals surface area contributed by atoms with Gasteiger partial charge < -0.3 is 9.64 Å². The van der Waals surface area contributed by atoms with E-state index in [0.717, 1.165) is 21.2 Å². The summed E-state index contributed by atoms with van der Waals surface area (Å²) in [4.78, 5) is 12.1. The molecule has 0 fully saturated rings. The topological polar surface area (TPSA) is 38.2 Å². The number of hydrogen-bond donors (Lipinski definition) is 0. The molecule has 0 bridgehead atoms. The summed E-state index contributed by atoms with van der Waals surface area (Å²) >= 11 is 1.55. The molecule has 4 rings (SSSR count). The Labute approximate surface area is 166 Å². The Morgan fingerprint density at radius 2 is 1.74 bits per heavy atom. The molecule has 138 valence electrons. The van der Waals surface area contributed by atoms with Gasteiger partial charge in [0.2, 0.25) is 0 Å². The van der Waals surface area contributed by atoms with Crippen molar-refractivity contribution in [3.8, 4) is 5.75 Å². The molecule has 0 unspecified atom stereocenters. The zero-order chi connectivity index (χ0) is 17.8. The summed E-state index contributed by atoms with van der Waals surface area (Å²) in [6.45, 7) is 1.06. The van der Waals surface area contributed by atoms with Gasteiger partial charge in [0.1, 0.15) is 28.5 Å². The van der Waals surface area contributed by atoms with E-state index in [9.17, 15) is 4.39 Å². The van der Waals surface area contributed by atoms with Crippen LogP contribution in [0.1, 0.15) is 0 Å². The second-order valence-electron chi connectivity index (χ2n) is 5.61. The van der Waals surface area contributed by atoms with Gasteiger partial charge in [0.25, 0.3) is 0 Å². The average Bonchev–Trinajstić information content (AvgIpc) is 3.11. The Balaban J connectivity index is 0.00000210. The van der Waals surface area contributed by atoms with Crippen LogP contribution >= 0.6 is 23.7 Å². The molecule has 2 aromatic carbocycles. The van der Waals surface area contributed by atoms with Gasteiger partial charge in [-0.25, -0.2) is 14.4 Å². The molecule has 0 saturated carbocycles. The third kappa shape index (κ3) is 4.53. The maximum absolute atomic E-state index is 13.0. The van der Waals surface area contributed by atoms with Gasteiger partial charge in [-0.15, -0.1) is 12.4 Å². The van der Waals surface area contributed by atoms with E-state index in [1.807, 2.05) is 42.5 Å². The normalized spacial score (nSPS) is 10.4. The van der Waals surface area contributed by atoms with Gasteiger partial charge in [0.15, 0.2) is 5.13 Å². The van der Waals surface area contributed by atoms with Crippen LogP contribution < -0.4 is 9.64 Å². The predicted molar refractivity (Wildman–Crippen MR) is 110 cm³/mol. The van der Waals surface area contributed by atoms with Crippen LogP contribution in [-0.2, 0) is 0 Å². The number of ether oxygens (including phenoxy) is 1. The summed E-state index contributed by atoms with van der Waals surface area (Å²) in [6, 6.07) is 19.9. The van der Waals surface area contributed by atoms with E-state index >= 15 is 0 Å². The molecule has 0 saturated heterocycles. The molecule has 0 atom stereocenters. The van der Waals surface area contributed by atoms with Gasteiger partial charge >= 0.3 is 0 Å². The van der Waals surface area contributed by atoms with Gasteiger partial charge in [-0.05, 0) is 48.5 Å². The van der Waals surface area contributed by atoms with Gasteiger partial charge in [-0.2, -0.15) is 0 Å². The fraction of sp³-hybridized carbons (Fsp3) is 0.100. The molecule has 2 heterocycles. The van der Waals surface area contributed by atoms with Gasteiger partial charge in [0, 0.05) is 11.9 Å². The lowest BCUT2D eigenvalue weighted by atomic mass is 10.3.